The summed E-state index contributed by atoms with van der Waals surface area (Å²) in [6.45, 7) is 5.08. The van der Waals surface area contributed by atoms with Crippen LogP contribution in [0.3, 0.4) is 0 Å². The van der Waals surface area contributed by atoms with E-state index in [0.717, 1.165) is 52.1 Å². The molecule has 0 aliphatic carbocycles. The quantitative estimate of drug-likeness (QED) is 0.277. The van der Waals surface area contributed by atoms with Gasteiger partial charge in [-0.3, -0.25) is 0 Å². The van der Waals surface area contributed by atoms with E-state index >= 15 is 0 Å². The van der Waals surface area contributed by atoms with E-state index in [2.05, 4.69) is 45.5 Å². The topological polar surface area (TPSA) is 85.4 Å². The molecule has 0 saturated heterocycles. The van der Waals surface area contributed by atoms with Crippen molar-refractivity contribution in [1.82, 2.24) is 21.3 Å². The first-order valence-electron chi connectivity index (χ1n) is 7.92. The van der Waals surface area contributed by atoms with Crippen LogP contribution in [0.2, 0.25) is 0 Å². The Morgan fingerprint density at radius 1 is 0.864 bits per heavy atom. The molecule has 0 atom stereocenters. The molecule has 0 saturated carbocycles. The fraction of sp³-hybridized carbons (Fsp3) is 0.562. The second-order valence-corrected chi connectivity index (χ2v) is 5.10. The number of amides is 1. The number of unbranched alkanes of at least 4 members (excludes halogenated alkanes) is 1. The van der Waals surface area contributed by atoms with E-state index in [4.69, 9.17) is 5.11 Å². The van der Waals surface area contributed by atoms with Crippen LogP contribution >= 0.6 is 0 Å². The second-order valence-electron chi connectivity index (χ2n) is 5.10. The van der Waals surface area contributed by atoms with Crippen LogP contribution in [-0.2, 0) is 6.42 Å². The molecule has 0 heterocycles. The zero-order valence-corrected chi connectivity index (χ0v) is 13.1. The highest BCUT2D eigenvalue weighted by Gasteiger charge is 1.94. The van der Waals surface area contributed by atoms with Crippen LogP contribution in [0.5, 0.6) is 0 Å². The van der Waals surface area contributed by atoms with Gasteiger partial charge in [0.1, 0.15) is 0 Å². The van der Waals surface area contributed by atoms with Crippen LogP contribution in [-0.4, -0.2) is 50.6 Å². The minimum atomic E-state index is -0.947. The number of carbonyl (C=O) groups is 1. The van der Waals surface area contributed by atoms with E-state index in [1.165, 1.54) is 5.56 Å². The third kappa shape index (κ3) is 11.1. The molecule has 6 heteroatoms. The van der Waals surface area contributed by atoms with Crippen LogP contribution in [0, 0.1) is 0 Å². The van der Waals surface area contributed by atoms with Crippen molar-refractivity contribution >= 4 is 6.09 Å². The molecular weight excluding hydrogens is 280 g/mol. The molecule has 0 fully saturated rings. The summed E-state index contributed by atoms with van der Waals surface area (Å²) in [4.78, 5) is 10.2. The van der Waals surface area contributed by atoms with Gasteiger partial charge in [-0.25, -0.2) is 4.79 Å². The van der Waals surface area contributed by atoms with Gasteiger partial charge in [-0.1, -0.05) is 30.3 Å². The van der Waals surface area contributed by atoms with E-state index in [9.17, 15) is 4.79 Å². The molecule has 22 heavy (non-hydrogen) atoms. The predicted octanol–water partition coefficient (Wildman–Crippen LogP) is 1.00. The number of carboxylic acid groups (broad SMARTS) is 1. The first-order chi connectivity index (χ1) is 10.8. The Morgan fingerprint density at radius 3 is 2.32 bits per heavy atom. The van der Waals surface area contributed by atoms with Crippen molar-refractivity contribution in [3.8, 4) is 0 Å². The highest BCUT2D eigenvalue weighted by Crippen LogP contribution is 1.97. The van der Waals surface area contributed by atoms with Gasteiger partial charge in [0.2, 0.25) is 0 Å². The summed E-state index contributed by atoms with van der Waals surface area (Å²) in [7, 11) is 0. The predicted molar refractivity (Wildman–Crippen MR) is 89.1 cm³/mol. The molecule has 1 amide bonds. The Balaban J connectivity index is 1.76. The molecule has 0 radical (unpaired) electrons. The minimum absolute atomic E-state index is 0.528. The number of hydrogen-bond donors (Lipinski definition) is 5. The second kappa shape index (κ2) is 13.1. The van der Waals surface area contributed by atoms with Crippen LogP contribution < -0.4 is 21.3 Å². The smallest absolute Gasteiger partial charge is 0.404 e. The molecule has 0 unspecified atom stereocenters. The average molecular weight is 308 g/mol. The number of hydrogen-bond acceptors (Lipinski definition) is 4. The van der Waals surface area contributed by atoms with Gasteiger partial charge in [0, 0.05) is 32.8 Å². The number of rotatable bonds is 13. The Labute approximate surface area is 132 Å². The van der Waals surface area contributed by atoms with Crippen molar-refractivity contribution in [2.24, 2.45) is 0 Å². The molecular formula is C16H28N4O2. The van der Waals surface area contributed by atoms with Crippen LogP contribution in [0.25, 0.3) is 0 Å². The average Bonchev–Trinajstić information content (AvgIpc) is 2.52. The lowest BCUT2D eigenvalue weighted by Crippen LogP contribution is -2.35. The van der Waals surface area contributed by atoms with E-state index in [-0.39, 0.29) is 0 Å². The van der Waals surface area contributed by atoms with Crippen molar-refractivity contribution in [2.75, 3.05) is 39.4 Å². The largest absolute Gasteiger partial charge is 0.465 e. The molecule has 0 bridgehead atoms. The van der Waals surface area contributed by atoms with E-state index in [1.807, 2.05) is 6.07 Å². The summed E-state index contributed by atoms with van der Waals surface area (Å²) in [6, 6.07) is 10.5. The highest BCUT2D eigenvalue weighted by molar-refractivity contribution is 5.64. The lowest BCUT2D eigenvalue weighted by molar-refractivity contribution is 0.194. The van der Waals surface area contributed by atoms with Crippen molar-refractivity contribution in [3.63, 3.8) is 0 Å². The van der Waals surface area contributed by atoms with Crippen molar-refractivity contribution in [3.05, 3.63) is 35.9 Å². The first-order valence-corrected chi connectivity index (χ1v) is 7.92. The maximum Gasteiger partial charge on any atom is 0.404 e. The molecule has 1 aromatic carbocycles. The first kappa shape index (κ1) is 18.4. The van der Waals surface area contributed by atoms with Crippen molar-refractivity contribution < 1.29 is 9.90 Å². The summed E-state index contributed by atoms with van der Waals surface area (Å²) in [5, 5.41) is 20.8. The van der Waals surface area contributed by atoms with Gasteiger partial charge < -0.3 is 26.4 Å². The van der Waals surface area contributed by atoms with E-state index in [1.54, 1.807) is 0 Å². The third-order valence-corrected chi connectivity index (χ3v) is 3.22. The molecule has 1 rings (SSSR count). The summed E-state index contributed by atoms with van der Waals surface area (Å²) < 4.78 is 0. The standard InChI is InChI=1S/C16H28N4O2/c21-16(22)20-10-5-4-9-17-12-13-19-14-18-11-8-15-6-2-1-3-7-15/h1-3,6-7,17-20H,4-5,8-14H2,(H,21,22). The van der Waals surface area contributed by atoms with Crippen molar-refractivity contribution in [1.29, 1.82) is 0 Å². The summed E-state index contributed by atoms with van der Waals surface area (Å²) in [5.74, 6) is 0. The molecule has 0 aliphatic rings. The van der Waals surface area contributed by atoms with Gasteiger partial charge in [0.05, 0.1) is 0 Å². The maximum absolute atomic E-state index is 10.2. The molecule has 0 aliphatic heterocycles. The lowest BCUT2D eigenvalue weighted by Gasteiger charge is -2.08. The Bertz CT molecular complexity index is 387. The zero-order valence-electron chi connectivity index (χ0n) is 13.1. The van der Waals surface area contributed by atoms with Crippen LogP contribution in [0.4, 0.5) is 4.79 Å². The molecule has 1 aromatic rings. The molecule has 124 valence electrons. The van der Waals surface area contributed by atoms with Crippen LogP contribution in [0.15, 0.2) is 30.3 Å². The Hall–Kier alpha value is -1.63. The van der Waals surface area contributed by atoms with E-state index < -0.39 is 6.09 Å². The van der Waals surface area contributed by atoms with E-state index in [0.29, 0.717) is 6.54 Å². The SMILES string of the molecule is O=C(O)NCCCCNCCNCNCCc1ccccc1. The highest BCUT2D eigenvalue weighted by atomic mass is 16.4. The van der Waals surface area contributed by atoms with Crippen molar-refractivity contribution in [2.45, 2.75) is 19.3 Å². The van der Waals surface area contributed by atoms with Gasteiger partial charge in [0.25, 0.3) is 0 Å². The molecule has 5 N–H and O–H groups in total. The maximum atomic E-state index is 10.2. The number of nitrogens with one attached hydrogen (secondary N) is 4. The number of benzene rings is 1. The normalized spacial score (nSPS) is 10.5. The summed E-state index contributed by atoms with van der Waals surface area (Å²) >= 11 is 0. The van der Waals surface area contributed by atoms with Gasteiger partial charge in [-0.2, -0.15) is 0 Å². The fourth-order valence-electron chi connectivity index (χ4n) is 2.01. The fourth-order valence-corrected chi connectivity index (χ4v) is 2.01. The summed E-state index contributed by atoms with van der Waals surface area (Å²) in [5.41, 5.74) is 1.36. The lowest BCUT2D eigenvalue weighted by atomic mass is 10.1. The third-order valence-electron chi connectivity index (χ3n) is 3.22. The molecule has 6 nitrogen and oxygen atoms in total. The Kier molecular flexibility index (Phi) is 10.9. The monoisotopic (exact) mass is 308 g/mol. The van der Waals surface area contributed by atoms with Gasteiger partial charge in [0.15, 0.2) is 0 Å². The molecule has 0 spiro atoms. The zero-order chi connectivity index (χ0) is 15.9. The van der Waals surface area contributed by atoms with Gasteiger partial charge in [-0.05, 0) is 31.4 Å². The minimum Gasteiger partial charge on any atom is -0.465 e. The van der Waals surface area contributed by atoms with Gasteiger partial charge >= 0.3 is 6.09 Å². The molecule has 0 aromatic heterocycles. The van der Waals surface area contributed by atoms with Gasteiger partial charge in [-0.15, -0.1) is 0 Å². The van der Waals surface area contributed by atoms with Crippen LogP contribution in [0.1, 0.15) is 18.4 Å². The Morgan fingerprint density at radius 2 is 1.55 bits per heavy atom. The summed E-state index contributed by atoms with van der Waals surface area (Å²) in [6.07, 6.45) is 1.95.